The Labute approximate surface area is 247 Å². The molecule has 0 aliphatic carbocycles. The van der Waals surface area contributed by atoms with Crippen molar-refractivity contribution in [3.8, 4) is 5.75 Å². The number of benzene rings is 2. The molecule has 2 aromatic heterocycles. The first-order valence-electron chi connectivity index (χ1n) is 11.8. The number of aliphatic hydroxyl groups excluding tert-OH is 1. The van der Waals surface area contributed by atoms with Crippen molar-refractivity contribution in [2.75, 3.05) is 11.5 Å². The van der Waals surface area contributed by atoms with E-state index in [1.54, 1.807) is 36.4 Å². The lowest BCUT2D eigenvalue weighted by Gasteiger charge is -2.20. The molecular formula is C27H21Cl2N3O4S3. The van der Waals surface area contributed by atoms with E-state index in [9.17, 15) is 14.7 Å². The molecule has 12 heteroatoms. The minimum absolute atomic E-state index is 0.00188. The molecule has 1 saturated heterocycles. The maximum Gasteiger partial charge on any atom is 0.301 e. The van der Waals surface area contributed by atoms with Crippen LogP contribution >= 0.6 is 57.6 Å². The van der Waals surface area contributed by atoms with E-state index in [4.69, 9.17) is 27.9 Å². The van der Waals surface area contributed by atoms with Crippen LogP contribution in [0.4, 0.5) is 5.13 Å². The van der Waals surface area contributed by atoms with Gasteiger partial charge in [-0.25, -0.2) is 0 Å². The number of carbonyl (C=O) groups is 2. The summed E-state index contributed by atoms with van der Waals surface area (Å²) >= 11 is 16.3. The molecule has 0 radical (unpaired) electrons. The lowest BCUT2D eigenvalue weighted by Crippen LogP contribution is -2.29. The van der Waals surface area contributed by atoms with Gasteiger partial charge in [0.25, 0.3) is 5.78 Å². The number of halogens is 2. The van der Waals surface area contributed by atoms with Gasteiger partial charge in [0.05, 0.1) is 12.2 Å². The third-order valence-electron chi connectivity index (χ3n) is 5.83. The third kappa shape index (κ3) is 5.85. The summed E-state index contributed by atoms with van der Waals surface area (Å²) in [5.41, 5.74) is 1.29. The van der Waals surface area contributed by atoms with Crippen molar-refractivity contribution < 1.29 is 19.4 Å². The van der Waals surface area contributed by atoms with Gasteiger partial charge in [0.1, 0.15) is 17.6 Å². The number of thiophene rings is 1. The molecule has 4 aromatic rings. The summed E-state index contributed by atoms with van der Waals surface area (Å²) in [5, 5.41) is 22.9. The molecule has 1 amide bonds. The molecule has 1 N–H and O–H groups in total. The fraction of sp³-hybridized carbons (Fsp3) is 0.185. The Hall–Kier alpha value is -2.89. The van der Waals surface area contributed by atoms with E-state index < -0.39 is 17.7 Å². The Morgan fingerprint density at radius 2 is 1.92 bits per heavy atom. The van der Waals surface area contributed by atoms with Gasteiger partial charge in [-0.2, -0.15) is 0 Å². The SMILES string of the molecule is CCCOc1ccc(/C(O)=C2/C(=O)C(=O)N(c3nnc(SCc4ccc(Cl)cc4Cl)s3)C2c2cccs2)cc1. The van der Waals surface area contributed by atoms with E-state index >= 15 is 0 Å². The second-order valence-electron chi connectivity index (χ2n) is 8.43. The number of hydrogen-bond acceptors (Lipinski definition) is 9. The minimum Gasteiger partial charge on any atom is -0.507 e. The van der Waals surface area contributed by atoms with E-state index in [1.807, 2.05) is 30.5 Å². The Bertz CT molecular complexity index is 1540. The Morgan fingerprint density at radius 3 is 2.62 bits per heavy atom. The summed E-state index contributed by atoms with van der Waals surface area (Å²) < 4.78 is 6.22. The number of ether oxygens (including phenoxy) is 1. The largest absolute Gasteiger partial charge is 0.507 e. The predicted octanol–water partition coefficient (Wildman–Crippen LogP) is 7.61. The van der Waals surface area contributed by atoms with Crippen LogP contribution in [0.15, 0.2) is 69.9 Å². The van der Waals surface area contributed by atoms with Crippen LogP contribution in [0.1, 0.15) is 35.4 Å². The van der Waals surface area contributed by atoms with Crippen molar-refractivity contribution in [1.82, 2.24) is 10.2 Å². The van der Waals surface area contributed by atoms with Crippen LogP contribution in [0.25, 0.3) is 5.76 Å². The molecule has 3 heterocycles. The van der Waals surface area contributed by atoms with Crippen LogP contribution in [0.5, 0.6) is 5.75 Å². The summed E-state index contributed by atoms with van der Waals surface area (Å²) in [7, 11) is 0. The zero-order valence-corrected chi connectivity index (χ0v) is 24.4. The summed E-state index contributed by atoms with van der Waals surface area (Å²) in [6.07, 6.45) is 0.868. The van der Waals surface area contributed by atoms with Crippen LogP contribution < -0.4 is 9.64 Å². The van der Waals surface area contributed by atoms with E-state index in [1.165, 1.54) is 39.3 Å². The number of nitrogens with zero attached hydrogens (tertiary/aromatic N) is 3. The van der Waals surface area contributed by atoms with Crippen LogP contribution in [0, 0.1) is 0 Å². The van der Waals surface area contributed by atoms with Crippen LogP contribution in [0.3, 0.4) is 0 Å². The molecule has 1 atom stereocenters. The van der Waals surface area contributed by atoms with Crippen molar-refractivity contribution in [3.63, 3.8) is 0 Å². The van der Waals surface area contributed by atoms with Crippen molar-refractivity contribution in [2.45, 2.75) is 29.5 Å². The van der Waals surface area contributed by atoms with Gasteiger partial charge in [-0.05, 0) is 59.8 Å². The minimum atomic E-state index is -0.836. The number of hydrogen-bond donors (Lipinski definition) is 1. The van der Waals surface area contributed by atoms with Gasteiger partial charge in [-0.15, -0.1) is 21.5 Å². The highest BCUT2D eigenvalue weighted by Gasteiger charge is 2.48. The van der Waals surface area contributed by atoms with Crippen LogP contribution in [-0.2, 0) is 15.3 Å². The average Bonchev–Trinajstić information content (AvgIpc) is 3.68. The molecule has 2 aromatic carbocycles. The monoisotopic (exact) mass is 617 g/mol. The van der Waals surface area contributed by atoms with E-state index in [0.717, 1.165) is 16.9 Å². The number of thioether (sulfide) groups is 1. The Morgan fingerprint density at radius 1 is 1.13 bits per heavy atom. The highest BCUT2D eigenvalue weighted by Crippen LogP contribution is 2.45. The summed E-state index contributed by atoms with van der Waals surface area (Å²) in [6.45, 7) is 2.59. The fourth-order valence-corrected chi connectivity index (χ4v) is 7.22. The fourth-order valence-electron chi connectivity index (χ4n) is 3.97. The summed E-state index contributed by atoms with van der Waals surface area (Å²) in [4.78, 5) is 28.6. The van der Waals surface area contributed by atoms with Crippen molar-refractivity contribution in [1.29, 1.82) is 0 Å². The smallest absolute Gasteiger partial charge is 0.301 e. The third-order valence-corrected chi connectivity index (χ3v) is 9.44. The molecule has 0 saturated carbocycles. The molecule has 39 heavy (non-hydrogen) atoms. The number of rotatable bonds is 9. The van der Waals surface area contributed by atoms with Gasteiger partial charge < -0.3 is 9.84 Å². The molecule has 7 nitrogen and oxygen atoms in total. The number of anilines is 1. The highest BCUT2D eigenvalue weighted by molar-refractivity contribution is 8.00. The second-order valence-corrected chi connectivity index (χ2v) is 12.4. The first kappa shape index (κ1) is 27.7. The summed E-state index contributed by atoms with van der Waals surface area (Å²) in [6, 6.07) is 14.9. The van der Waals surface area contributed by atoms with Crippen LogP contribution in [-0.4, -0.2) is 33.6 Å². The normalized spacial score (nSPS) is 16.7. The van der Waals surface area contributed by atoms with E-state index in [2.05, 4.69) is 10.2 Å². The number of amides is 1. The number of carbonyl (C=O) groups excluding carboxylic acids is 2. The molecule has 1 unspecified atom stereocenters. The zero-order valence-electron chi connectivity index (χ0n) is 20.5. The molecule has 0 spiro atoms. The van der Waals surface area contributed by atoms with Crippen molar-refractivity contribution in [3.05, 3.63) is 91.6 Å². The van der Waals surface area contributed by atoms with Gasteiger partial charge in [0, 0.05) is 26.2 Å². The predicted molar refractivity (Wildman–Crippen MR) is 157 cm³/mol. The Kier molecular flexibility index (Phi) is 8.58. The second kappa shape index (κ2) is 12.1. The topological polar surface area (TPSA) is 92.6 Å². The molecule has 1 aliphatic rings. The number of ketones is 1. The maximum atomic E-state index is 13.3. The van der Waals surface area contributed by atoms with Gasteiger partial charge in [0.15, 0.2) is 4.34 Å². The lowest BCUT2D eigenvalue weighted by atomic mass is 10.00. The first-order valence-corrected chi connectivity index (χ1v) is 15.3. The number of aliphatic hydroxyl groups is 1. The van der Waals surface area contributed by atoms with Gasteiger partial charge in [-0.1, -0.05) is 65.4 Å². The molecule has 200 valence electrons. The average molecular weight is 619 g/mol. The van der Waals surface area contributed by atoms with Crippen LogP contribution in [0.2, 0.25) is 10.0 Å². The Balaban J connectivity index is 1.46. The number of aromatic nitrogens is 2. The molecular weight excluding hydrogens is 597 g/mol. The van der Waals surface area contributed by atoms with Gasteiger partial charge >= 0.3 is 5.91 Å². The molecule has 5 rings (SSSR count). The van der Waals surface area contributed by atoms with E-state index in [-0.39, 0.29) is 16.5 Å². The summed E-state index contributed by atoms with van der Waals surface area (Å²) in [5.74, 6) is -0.633. The lowest BCUT2D eigenvalue weighted by molar-refractivity contribution is -0.132. The molecule has 1 fully saturated rings. The zero-order chi connectivity index (χ0) is 27.5. The van der Waals surface area contributed by atoms with E-state index in [0.29, 0.717) is 38.1 Å². The van der Waals surface area contributed by atoms with Gasteiger partial charge in [-0.3, -0.25) is 14.5 Å². The first-order chi connectivity index (χ1) is 18.9. The molecule has 1 aliphatic heterocycles. The molecule has 0 bridgehead atoms. The quantitative estimate of drug-likeness (QED) is 0.0679. The van der Waals surface area contributed by atoms with Crippen molar-refractivity contribution >= 4 is 80.2 Å². The highest BCUT2D eigenvalue weighted by atomic mass is 35.5. The number of Topliss-reactive ketones (excluding diaryl/α,β-unsaturated/α-hetero) is 1. The maximum absolute atomic E-state index is 13.3. The van der Waals surface area contributed by atoms with Gasteiger partial charge in [0.2, 0.25) is 5.13 Å². The van der Waals surface area contributed by atoms with Crippen molar-refractivity contribution in [2.24, 2.45) is 0 Å². The standard InChI is InChI=1S/C27H21Cl2N3O4S3/c1-2-11-36-18-9-6-15(7-10-18)23(33)21-22(20-4-3-12-37-20)32(25(35)24(21)34)26-30-31-27(39-26)38-14-16-5-8-17(28)13-19(16)29/h3-10,12-13,22,33H,2,11,14H2,1H3/b23-21-.